The number of rotatable bonds is 5. The van der Waals surface area contributed by atoms with Crippen LogP contribution < -0.4 is 4.74 Å². The minimum absolute atomic E-state index is 0.117. The number of amides is 1. The van der Waals surface area contributed by atoms with E-state index >= 15 is 0 Å². The van der Waals surface area contributed by atoms with Crippen molar-refractivity contribution in [2.45, 2.75) is 37.9 Å². The minimum atomic E-state index is -4.90. The molecule has 0 radical (unpaired) electrons. The number of carbonyl (C=O) groups is 2. The summed E-state index contributed by atoms with van der Waals surface area (Å²) in [5.74, 6) is -1.50. The van der Waals surface area contributed by atoms with E-state index in [2.05, 4.69) is 4.74 Å². The number of morpholine rings is 1. The summed E-state index contributed by atoms with van der Waals surface area (Å²) in [7, 11) is 0. The van der Waals surface area contributed by atoms with Gasteiger partial charge in [0.15, 0.2) is 5.78 Å². The maximum atomic E-state index is 13.1. The van der Waals surface area contributed by atoms with Crippen LogP contribution in [0.25, 0.3) is 0 Å². The highest BCUT2D eigenvalue weighted by Crippen LogP contribution is 2.36. The van der Waals surface area contributed by atoms with Gasteiger partial charge in [-0.25, -0.2) is 4.79 Å². The zero-order valence-corrected chi connectivity index (χ0v) is 17.1. The second-order valence-electron chi connectivity index (χ2n) is 7.87. The van der Waals surface area contributed by atoms with Crippen molar-refractivity contribution in [1.82, 2.24) is 4.90 Å². The van der Waals surface area contributed by atoms with Gasteiger partial charge in [0, 0.05) is 5.92 Å². The van der Waals surface area contributed by atoms with Crippen molar-refractivity contribution in [3.8, 4) is 5.75 Å². The van der Waals surface area contributed by atoms with Gasteiger partial charge in [0.05, 0.1) is 30.9 Å². The van der Waals surface area contributed by atoms with Gasteiger partial charge in [-0.15, -0.1) is 13.2 Å². The standard InChI is InChI=1S/C23H22F3NO5/c24-23(25,26)32-20-9-5-4-8-19(20)21(28)16-10-17-13-30-14-18(11-16)27(17)22(29)31-12-15-6-2-1-3-7-15/h1-9,16-18H,10-14H2. The molecule has 2 aliphatic rings. The van der Waals surface area contributed by atoms with Gasteiger partial charge >= 0.3 is 12.5 Å². The third kappa shape index (κ3) is 5.04. The van der Waals surface area contributed by atoms with Gasteiger partial charge in [-0.05, 0) is 30.5 Å². The predicted molar refractivity (Wildman–Crippen MR) is 107 cm³/mol. The molecule has 2 aromatic rings. The fourth-order valence-electron chi connectivity index (χ4n) is 4.32. The van der Waals surface area contributed by atoms with Gasteiger partial charge in [-0.3, -0.25) is 9.69 Å². The number of fused-ring (bicyclic) bond motifs is 2. The zero-order valence-electron chi connectivity index (χ0n) is 17.1. The van der Waals surface area contributed by atoms with Gasteiger partial charge in [0.25, 0.3) is 0 Å². The molecule has 6 nitrogen and oxygen atoms in total. The second-order valence-corrected chi connectivity index (χ2v) is 7.87. The first-order valence-corrected chi connectivity index (χ1v) is 10.3. The molecule has 0 aliphatic carbocycles. The van der Waals surface area contributed by atoms with E-state index < -0.39 is 42.0 Å². The first-order valence-electron chi connectivity index (χ1n) is 10.3. The molecular weight excluding hydrogens is 427 g/mol. The Bertz CT molecular complexity index is 952. The Morgan fingerprint density at radius 2 is 1.59 bits per heavy atom. The number of halogens is 3. The highest BCUT2D eigenvalue weighted by atomic mass is 19.4. The SMILES string of the molecule is O=C(c1ccccc1OC(F)(F)F)C1CC2COCC(C1)N2C(=O)OCc1ccccc1. The Morgan fingerprint density at radius 3 is 2.25 bits per heavy atom. The van der Waals surface area contributed by atoms with Crippen molar-refractivity contribution in [3.05, 3.63) is 65.7 Å². The summed E-state index contributed by atoms with van der Waals surface area (Å²) >= 11 is 0. The van der Waals surface area contributed by atoms with Crippen molar-refractivity contribution in [1.29, 1.82) is 0 Å². The maximum absolute atomic E-state index is 13.1. The van der Waals surface area contributed by atoms with E-state index in [4.69, 9.17) is 9.47 Å². The van der Waals surface area contributed by atoms with Crippen LogP contribution in [-0.4, -0.2) is 48.4 Å². The third-order valence-electron chi connectivity index (χ3n) is 5.69. The van der Waals surface area contributed by atoms with Crippen LogP contribution in [0, 0.1) is 5.92 Å². The molecule has 0 aromatic heterocycles. The molecule has 2 saturated heterocycles. The summed E-state index contributed by atoms with van der Waals surface area (Å²) in [4.78, 5) is 27.5. The monoisotopic (exact) mass is 449 g/mol. The number of benzene rings is 2. The Hall–Kier alpha value is -3.07. The van der Waals surface area contributed by atoms with Crippen LogP contribution in [0.2, 0.25) is 0 Å². The number of hydrogen-bond acceptors (Lipinski definition) is 5. The molecule has 32 heavy (non-hydrogen) atoms. The number of nitrogens with zero attached hydrogens (tertiary/aromatic N) is 1. The molecule has 170 valence electrons. The second kappa shape index (κ2) is 9.20. The van der Waals surface area contributed by atoms with Crippen LogP contribution >= 0.6 is 0 Å². The quantitative estimate of drug-likeness (QED) is 0.625. The van der Waals surface area contributed by atoms with E-state index in [1.165, 1.54) is 18.2 Å². The lowest BCUT2D eigenvalue weighted by atomic mass is 9.80. The smallest absolute Gasteiger partial charge is 0.445 e. The zero-order chi connectivity index (χ0) is 22.7. The van der Waals surface area contributed by atoms with Crippen LogP contribution in [0.3, 0.4) is 0 Å². The van der Waals surface area contributed by atoms with Crippen molar-refractivity contribution >= 4 is 11.9 Å². The number of ether oxygens (including phenoxy) is 3. The van der Waals surface area contributed by atoms with Crippen molar-refractivity contribution in [2.75, 3.05) is 13.2 Å². The Kier molecular flexibility index (Phi) is 6.36. The molecule has 0 saturated carbocycles. The molecule has 9 heteroatoms. The Morgan fingerprint density at radius 1 is 0.969 bits per heavy atom. The molecule has 2 bridgehead atoms. The number of para-hydroxylation sites is 1. The number of alkyl halides is 3. The van der Waals surface area contributed by atoms with E-state index in [0.717, 1.165) is 11.6 Å². The highest BCUT2D eigenvalue weighted by Gasteiger charge is 2.45. The van der Waals surface area contributed by atoms with Gasteiger partial charge in [-0.1, -0.05) is 42.5 Å². The largest absolute Gasteiger partial charge is 0.573 e. The van der Waals surface area contributed by atoms with Crippen molar-refractivity contribution in [2.24, 2.45) is 5.92 Å². The van der Waals surface area contributed by atoms with E-state index in [1.54, 1.807) is 4.90 Å². The van der Waals surface area contributed by atoms with E-state index in [0.29, 0.717) is 0 Å². The van der Waals surface area contributed by atoms with Crippen LogP contribution in [0.15, 0.2) is 54.6 Å². The number of Topliss-reactive ketones (excluding diaryl/α,β-unsaturated/α-hetero) is 1. The normalized spacial score (nSPS) is 22.8. The van der Waals surface area contributed by atoms with Gasteiger partial charge in [-0.2, -0.15) is 0 Å². The molecule has 2 heterocycles. The Balaban J connectivity index is 1.45. The van der Waals surface area contributed by atoms with Crippen LogP contribution in [0.5, 0.6) is 5.75 Å². The molecule has 2 aliphatic heterocycles. The fourth-order valence-corrected chi connectivity index (χ4v) is 4.32. The summed E-state index contributed by atoms with van der Waals surface area (Å²) in [6, 6.07) is 13.8. The van der Waals surface area contributed by atoms with Gasteiger partial charge < -0.3 is 14.2 Å². The van der Waals surface area contributed by atoms with E-state index in [9.17, 15) is 22.8 Å². The van der Waals surface area contributed by atoms with Crippen LogP contribution in [0.1, 0.15) is 28.8 Å². The molecule has 0 spiro atoms. The predicted octanol–water partition coefficient (Wildman–Crippen LogP) is 4.58. The summed E-state index contributed by atoms with van der Waals surface area (Å²) < 4.78 is 53.3. The van der Waals surface area contributed by atoms with Gasteiger partial charge in [0.1, 0.15) is 12.4 Å². The van der Waals surface area contributed by atoms with Crippen molar-refractivity contribution < 1.29 is 37.0 Å². The minimum Gasteiger partial charge on any atom is -0.445 e. The summed E-state index contributed by atoms with van der Waals surface area (Å²) in [6.45, 7) is 0.601. The number of carbonyl (C=O) groups excluding carboxylic acids is 2. The highest BCUT2D eigenvalue weighted by molar-refractivity contribution is 6.00. The molecule has 2 unspecified atom stereocenters. The molecular formula is C23H22F3NO5. The van der Waals surface area contributed by atoms with Crippen molar-refractivity contribution in [3.63, 3.8) is 0 Å². The lowest BCUT2D eigenvalue weighted by molar-refractivity contribution is -0.274. The van der Waals surface area contributed by atoms with Gasteiger partial charge in [0.2, 0.25) is 0 Å². The lowest BCUT2D eigenvalue weighted by Crippen LogP contribution is -2.59. The average Bonchev–Trinajstić information content (AvgIpc) is 2.76. The van der Waals surface area contributed by atoms with Crippen LogP contribution in [0.4, 0.5) is 18.0 Å². The maximum Gasteiger partial charge on any atom is 0.573 e. The van der Waals surface area contributed by atoms with E-state index in [-0.39, 0.29) is 38.2 Å². The summed E-state index contributed by atoms with van der Waals surface area (Å²) in [6.07, 6.45) is -4.84. The first-order chi connectivity index (χ1) is 15.3. The molecule has 1 amide bonds. The average molecular weight is 449 g/mol. The van der Waals surface area contributed by atoms with E-state index in [1.807, 2.05) is 30.3 Å². The number of hydrogen-bond donors (Lipinski definition) is 0. The lowest BCUT2D eigenvalue weighted by Gasteiger charge is -2.47. The molecule has 2 aromatic carbocycles. The summed E-state index contributed by atoms with van der Waals surface area (Å²) in [5.41, 5.74) is 0.738. The number of ketones is 1. The van der Waals surface area contributed by atoms with Crippen LogP contribution in [-0.2, 0) is 16.1 Å². The number of piperidine rings is 1. The first kappa shape index (κ1) is 22.1. The molecule has 2 atom stereocenters. The third-order valence-corrected chi connectivity index (χ3v) is 5.69. The Labute approximate surface area is 182 Å². The molecule has 2 fully saturated rings. The topological polar surface area (TPSA) is 65.1 Å². The summed E-state index contributed by atoms with van der Waals surface area (Å²) in [5, 5.41) is 0. The fraction of sp³-hybridized carbons (Fsp3) is 0.391. The molecule has 4 rings (SSSR count). The molecule has 0 N–H and O–H groups in total.